The first-order valence-corrected chi connectivity index (χ1v) is 10.5. The van der Waals surface area contributed by atoms with Crippen molar-refractivity contribution in [2.24, 2.45) is 0 Å². The summed E-state index contributed by atoms with van der Waals surface area (Å²) >= 11 is 11.9. The van der Waals surface area contributed by atoms with E-state index in [9.17, 15) is 13.2 Å². The first kappa shape index (κ1) is 21.3. The molecule has 1 amide bonds. The van der Waals surface area contributed by atoms with Gasteiger partial charge in [-0.3, -0.25) is 9.10 Å². The highest BCUT2D eigenvalue weighted by Gasteiger charge is 2.23. The molecule has 0 atom stereocenters. The van der Waals surface area contributed by atoms with Crippen molar-refractivity contribution < 1.29 is 17.9 Å². The largest absolute Gasteiger partial charge is 0.495 e. The summed E-state index contributed by atoms with van der Waals surface area (Å²) in [6.45, 7) is -0.0114. The molecule has 2 aromatic rings. The molecule has 0 heterocycles. The van der Waals surface area contributed by atoms with E-state index < -0.39 is 10.0 Å². The second-order valence-electron chi connectivity index (χ2n) is 5.96. The first-order chi connectivity index (χ1) is 12.6. The second-order valence-corrected chi connectivity index (χ2v) is 8.72. The molecule has 0 unspecified atom stereocenters. The third-order valence-corrected chi connectivity index (χ3v) is 5.55. The van der Waals surface area contributed by atoms with E-state index >= 15 is 0 Å². The van der Waals surface area contributed by atoms with Crippen molar-refractivity contribution in [1.82, 2.24) is 4.90 Å². The molecular weight excluding hydrogens is 411 g/mol. The van der Waals surface area contributed by atoms with Gasteiger partial charge >= 0.3 is 0 Å². The summed E-state index contributed by atoms with van der Waals surface area (Å²) in [6.07, 6.45) is 1.04. The number of methoxy groups -OCH3 is 1. The number of hydrogen-bond donors (Lipinski definition) is 0. The smallest absolute Gasteiger partial charge is 0.243 e. The summed E-state index contributed by atoms with van der Waals surface area (Å²) in [6, 6.07) is 11.6. The lowest BCUT2D eigenvalue weighted by Crippen LogP contribution is -2.41. The number of carbonyl (C=O) groups is 1. The van der Waals surface area contributed by atoms with Gasteiger partial charge in [-0.1, -0.05) is 35.3 Å². The Morgan fingerprint density at radius 2 is 1.74 bits per heavy atom. The summed E-state index contributed by atoms with van der Waals surface area (Å²) in [5.41, 5.74) is 1.17. The molecular formula is C18H20Cl2N2O4S. The molecule has 0 aliphatic rings. The molecule has 27 heavy (non-hydrogen) atoms. The molecule has 0 bridgehead atoms. The van der Waals surface area contributed by atoms with Gasteiger partial charge in [0.05, 0.1) is 24.1 Å². The first-order valence-electron chi connectivity index (χ1n) is 7.91. The van der Waals surface area contributed by atoms with Crippen molar-refractivity contribution in [2.75, 3.05) is 31.3 Å². The molecule has 0 N–H and O–H groups in total. The Balaban J connectivity index is 2.19. The van der Waals surface area contributed by atoms with Crippen LogP contribution in [0.15, 0.2) is 42.5 Å². The van der Waals surface area contributed by atoms with Crippen LogP contribution in [0.4, 0.5) is 5.69 Å². The van der Waals surface area contributed by atoms with E-state index in [4.69, 9.17) is 27.9 Å². The van der Waals surface area contributed by atoms with Crippen LogP contribution in [0.3, 0.4) is 0 Å². The molecule has 6 nitrogen and oxygen atoms in total. The molecule has 0 radical (unpaired) electrons. The maximum Gasteiger partial charge on any atom is 0.243 e. The third-order valence-electron chi connectivity index (χ3n) is 3.86. The van der Waals surface area contributed by atoms with Gasteiger partial charge in [0.2, 0.25) is 15.9 Å². The third kappa shape index (κ3) is 5.76. The molecule has 0 aliphatic heterocycles. The fraction of sp³-hybridized carbons (Fsp3) is 0.278. The average molecular weight is 431 g/mol. The number of anilines is 1. The Morgan fingerprint density at radius 1 is 1.11 bits per heavy atom. The van der Waals surface area contributed by atoms with Crippen LogP contribution in [0, 0.1) is 0 Å². The van der Waals surface area contributed by atoms with Gasteiger partial charge in [0.15, 0.2) is 0 Å². The maximum atomic E-state index is 12.6. The molecule has 0 fully saturated rings. The van der Waals surface area contributed by atoms with Crippen molar-refractivity contribution in [1.29, 1.82) is 0 Å². The monoisotopic (exact) mass is 430 g/mol. The van der Waals surface area contributed by atoms with E-state index in [1.165, 1.54) is 24.1 Å². The van der Waals surface area contributed by atoms with Gasteiger partial charge in [-0.25, -0.2) is 8.42 Å². The fourth-order valence-electron chi connectivity index (χ4n) is 2.41. The van der Waals surface area contributed by atoms with Gasteiger partial charge in [0.1, 0.15) is 12.3 Å². The van der Waals surface area contributed by atoms with Crippen LogP contribution in [0.5, 0.6) is 5.75 Å². The quantitative estimate of drug-likeness (QED) is 0.674. The normalized spacial score (nSPS) is 11.1. The lowest BCUT2D eigenvalue weighted by Gasteiger charge is -2.25. The van der Waals surface area contributed by atoms with Gasteiger partial charge in [-0.05, 0) is 35.9 Å². The number of rotatable bonds is 7. The molecule has 9 heteroatoms. The van der Waals surface area contributed by atoms with Gasteiger partial charge in [0.25, 0.3) is 0 Å². The minimum absolute atomic E-state index is 0.255. The minimum Gasteiger partial charge on any atom is -0.495 e. The number of nitrogens with zero attached hydrogens (tertiary/aromatic N) is 2. The summed E-state index contributed by atoms with van der Waals surface area (Å²) in [4.78, 5) is 14.0. The van der Waals surface area contributed by atoms with Crippen LogP contribution in [-0.2, 0) is 21.4 Å². The Bertz CT molecular complexity index is 917. The van der Waals surface area contributed by atoms with Crippen molar-refractivity contribution in [3.63, 3.8) is 0 Å². The van der Waals surface area contributed by atoms with Crippen LogP contribution in [0.2, 0.25) is 10.0 Å². The Morgan fingerprint density at radius 3 is 2.26 bits per heavy atom. The number of carbonyl (C=O) groups excluding carboxylic acids is 1. The predicted octanol–water partition coefficient (Wildman–Crippen LogP) is 3.43. The van der Waals surface area contributed by atoms with E-state index in [-0.39, 0.29) is 23.2 Å². The SMILES string of the molecule is COc1ccc(N(CC(=O)N(C)Cc2ccc(Cl)cc2)S(C)(=O)=O)cc1Cl. The summed E-state index contributed by atoms with van der Waals surface area (Å²) < 4.78 is 30.5. The molecule has 0 aliphatic carbocycles. The number of halogens is 2. The van der Waals surface area contributed by atoms with Crippen molar-refractivity contribution in [2.45, 2.75) is 6.54 Å². The van der Waals surface area contributed by atoms with Gasteiger partial charge in [-0.2, -0.15) is 0 Å². The Kier molecular flexibility index (Phi) is 6.97. The molecule has 2 rings (SSSR count). The molecule has 146 valence electrons. The lowest BCUT2D eigenvalue weighted by atomic mass is 10.2. The van der Waals surface area contributed by atoms with E-state index in [0.29, 0.717) is 17.3 Å². The van der Waals surface area contributed by atoms with Gasteiger partial charge < -0.3 is 9.64 Å². The molecule has 2 aromatic carbocycles. The number of sulfonamides is 1. The number of hydrogen-bond acceptors (Lipinski definition) is 4. The zero-order valence-corrected chi connectivity index (χ0v) is 17.5. The van der Waals surface area contributed by atoms with E-state index in [0.717, 1.165) is 16.1 Å². The Labute approximate surface area is 169 Å². The Hall–Kier alpha value is -1.96. The number of likely N-dealkylation sites (N-methyl/N-ethyl adjacent to an activating group) is 1. The number of amides is 1. The number of ether oxygens (including phenoxy) is 1. The maximum absolute atomic E-state index is 12.6. The van der Waals surface area contributed by atoms with Gasteiger partial charge in [0, 0.05) is 18.6 Å². The second kappa shape index (κ2) is 8.82. The van der Waals surface area contributed by atoms with Crippen molar-refractivity contribution in [3.05, 3.63) is 58.1 Å². The van der Waals surface area contributed by atoms with E-state index in [1.54, 1.807) is 25.2 Å². The van der Waals surface area contributed by atoms with Gasteiger partial charge in [-0.15, -0.1) is 0 Å². The number of benzene rings is 2. The molecule has 0 saturated carbocycles. The summed E-state index contributed by atoms with van der Waals surface area (Å²) in [7, 11) is -0.620. The molecule has 0 aromatic heterocycles. The zero-order chi connectivity index (χ0) is 20.2. The van der Waals surface area contributed by atoms with E-state index in [1.807, 2.05) is 12.1 Å². The highest BCUT2D eigenvalue weighted by molar-refractivity contribution is 7.92. The molecule has 0 saturated heterocycles. The van der Waals surface area contributed by atoms with Crippen LogP contribution in [0.1, 0.15) is 5.56 Å². The summed E-state index contributed by atoms with van der Waals surface area (Å²) in [5.74, 6) is 0.0577. The topological polar surface area (TPSA) is 66.9 Å². The van der Waals surface area contributed by atoms with Crippen LogP contribution in [-0.4, -0.2) is 46.2 Å². The predicted molar refractivity (Wildman–Crippen MR) is 108 cm³/mol. The summed E-state index contributed by atoms with van der Waals surface area (Å²) in [5, 5.41) is 0.859. The van der Waals surface area contributed by atoms with E-state index in [2.05, 4.69) is 0 Å². The average Bonchev–Trinajstić information content (AvgIpc) is 2.60. The van der Waals surface area contributed by atoms with Crippen LogP contribution in [0.25, 0.3) is 0 Å². The fourth-order valence-corrected chi connectivity index (χ4v) is 3.63. The molecule has 0 spiro atoms. The van der Waals surface area contributed by atoms with Crippen molar-refractivity contribution >= 4 is 44.8 Å². The van der Waals surface area contributed by atoms with Crippen molar-refractivity contribution in [3.8, 4) is 5.75 Å². The zero-order valence-electron chi connectivity index (χ0n) is 15.1. The highest BCUT2D eigenvalue weighted by Crippen LogP contribution is 2.30. The minimum atomic E-state index is -3.69. The standard InChI is InChI=1S/C18H20Cl2N2O4S/c1-21(11-13-4-6-14(19)7-5-13)18(23)12-22(27(3,24)25)15-8-9-17(26-2)16(20)10-15/h4-10H,11-12H2,1-3H3. The van der Waals surface area contributed by atoms with Crippen LogP contribution < -0.4 is 9.04 Å². The highest BCUT2D eigenvalue weighted by atomic mass is 35.5. The lowest BCUT2D eigenvalue weighted by molar-refractivity contribution is -0.128. The van der Waals surface area contributed by atoms with Crippen LogP contribution >= 0.6 is 23.2 Å².